The molecule has 0 bridgehead atoms. The third-order valence-corrected chi connectivity index (χ3v) is 3.44. The van der Waals surface area contributed by atoms with Gasteiger partial charge in [-0.05, 0) is 23.8 Å². The number of para-hydroxylation sites is 1. The molecule has 0 spiro atoms. The van der Waals surface area contributed by atoms with Crippen molar-refractivity contribution in [1.29, 1.82) is 0 Å². The molecule has 0 saturated carbocycles. The average Bonchev–Trinajstić information content (AvgIpc) is 3.01. The third-order valence-electron chi connectivity index (χ3n) is 3.44. The highest BCUT2D eigenvalue weighted by molar-refractivity contribution is 5.94. The Morgan fingerprint density at radius 1 is 1.22 bits per heavy atom. The molecule has 3 rings (SSSR count). The number of hydrazine groups is 2. The van der Waals surface area contributed by atoms with E-state index in [0.717, 1.165) is 36.2 Å². The maximum atomic E-state index is 13.6. The van der Waals surface area contributed by atoms with E-state index in [-0.39, 0.29) is 12.1 Å². The smallest absolute Gasteiger partial charge is 0.251 e. The van der Waals surface area contributed by atoms with Crippen molar-refractivity contribution in [3.05, 3.63) is 53.1 Å². The van der Waals surface area contributed by atoms with Gasteiger partial charge in [0.05, 0.1) is 18.5 Å². The van der Waals surface area contributed by atoms with Crippen molar-refractivity contribution in [3.8, 4) is 5.75 Å². The van der Waals surface area contributed by atoms with Crippen molar-refractivity contribution in [2.24, 2.45) is 0 Å². The summed E-state index contributed by atoms with van der Waals surface area (Å²) >= 11 is 0. The second kappa shape index (κ2) is 6.09. The Balaban J connectivity index is 1.75. The molecule has 23 heavy (non-hydrogen) atoms. The number of hydrogen-bond donors (Lipinski definition) is 4. The lowest BCUT2D eigenvalue weighted by atomic mass is 10.1. The van der Waals surface area contributed by atoms with Crippen molar-refractivity contribution in [1.82, 2.24) is 10.9 Å². The molecule has 4 N–H and O–H groups in total. The standard InChI is InChI=1S/C15H14F2N4O2/c1-23-14-10(16)5-9(6-11(14)17)15(22)18-7-8-3-2-4-12-13(8)20-21-19-12/h2-6,19-21H,7H2,1H3,(H,18,22). The molecule has 2 aromatic rings. The number of ether oxygens (including phenoxy) is 1. The first kappa shape index (κ1) is 15.0. The van der Waals surface area contributed by atoms with Crippen molar-refractivity contribution in [3.63, 3.8) is 0 Å². The number of carbonyl (C=O) groups excluding carboxylic acids is 1. The van der Waals surface area contributed by atoms with E-state index in [1.807, 2.05) is 18.2 Å². The van der Waals surface area contributed by atoms with Gasteiger partial charge >= 0.3 is 0 Å². The molecule has 0 radical (unpaired) electrons. The molecule has 8 heteroatoms. The van der Waals surface area contributed by atoms with Gasteiger partial charge < -0.3 is 20.9 Å². The molecule has 1 heterocycles. The minimum absolute atomic E-state index is 0.113. The van der Waals surface area contributed by atoms with Crippen LogP contribution in [0.1, 0.15) is 15.9 Å². The van der Waals surface area contributed by atoms with Crippen LogP contribution in [0.25, 0.3) is 0 Å². The number of halogens is 2. The monoisotopic (exact) mass is 320 g/mol. The first-order valence-electron chi connectivity index (χ1n) is 6.80. The SMILES string of the molecule is COc1c(F)cc(C(=O)NCc2cccc3c2NNN3)cc1F. The lowest BCUT2D eigenvalue weighted by molar-refractivity contribution is 0.0950. The fourth-order valence-electron chi connectivity index (χ4n) is 2.32. The molecule has 0 aliphatic carbocycles. The fraction of sp³-hybridized carbons (Fsp3) is 0.133. The number of rotatable bonds is 4. The number of fused-ring (bicyclic) bond motifs is 1. The first-order valence-corrected chi connectivity index (χ1v) is 6.80. The van der Waals surface area contributed by atoms with Gasteiger partial charge in [-0.15, -0.1) is 5.53 Å². The quantitative estimate of drug-likeness (QED) is 0.695. The second-order valence-electron chi connectivity index (χ2n) is 4.87. The number of anilines is 2. The zero-order valence-corrected chi connectivity index (χ0v) is 12.2. The second-order valence-corrected chi connectivity index (χ2v) is 4.87. The highest BCUT2D eigenvalue weighted by Crippen LogP contribution is 2.28. The summed E-state index contributed by atoms with van der Waals surface area (Å²) in [5, 5.41) is 2.63. The summed E-state index contributed by atoms with van der Waals surface area (Å²) in [6, 6.07) is 7.40. The Bertz CT molecular complexity index is 744. The molecule has 120 valence electrons. The summed E-state index contributed by atoms with van der Waals surface area (Å²) in [5.74, 6) is -2.94. The topological polar surface area (TPSA) is 74.4 Å². The molecule has 1 aliphatic heterocycles. The number of carbonyl (C=O) groups is 1. The maximum absolute atomic E-state index is 13.6. The Morgan fingerprint density at radius 3 is 2.65 bits per heavy atom. The van der Waals surface area contributed by atoms with Crippen molar-refractivity contribution < 1.29 is 18.3 Å². The molecular formula is C15H14F2N4O2. The lowest BCUT2D eigenvalue weighted by Crippen LogP contribution is -2.24. The number of amides is 1. The van der Waals surface area contributed by atoms with Crippen LogP contribution in [0, 0.1) is 11.6 Å². The molecule has 0 unspecified atom stereocenters. The average molecular weight is 320 g/mol. The predicted molar refractivity (Wildman–Crippen MR) is 80.9 cm³/mol. The lowest BCUT2D eigenvalue weighted by Gasteiger charge is -2.10. The first-order chi connectivity index (χ1) is 11.1. The fourth-order valence-corrected chi connectivity index (χ4v) is 2.32. The van der Waals surface area contributed by atoms with Crippen LogP contribution in [0.15, 0.2) is 30.3 Å². The Hall–Kier alpha value is -2.87. The number of hydrogen-bond acceptors (Lipinski definition) is 5. The molecule has 2 aromatic carbocycles. The zero-order valence-electron chi connectivity index (χ0n) is 12.2. The van der Waals surface area contributed by atoms with Gasteiger partial charge in [-0.3, -0.25) is 4.79 Å². The van der Waals surface area contributed by atoms with Crippen molar-refractivity contribution >= 4 is 17.3 Å². The molecule has 0 aromatic heterocycles. The van der Waals surface area contributed by atoms with E-state index in [1.165, 1.54) is 0 Å². The molecular weight excluding hydrogens is 306 g/mol. The molecule has 0 fully saturated rings. The van der Waals surface area contributed by atoms with Gasteiger partial charge in [0, 0.05) is 12.1 Å². The number of benzene rings is 2. The molecule has 0 saturated heterocycles. The molecule has 0 atom stereocenters. The van der Waals surface area contributed by atoms with Crippen LogP contribution < -0.4 is 26.4 Å². The van der Waals surface area contributed by atoms with E-state index in [9.17, 15) is 13.6 Å². The largest absolute Gasteiger partial charge is 0.491 e. The predicted octanol–water partition coefficient (Wildman–Crippen LogP) is 2.16. The number of methoxy groups -OCH3 is 1. The van der Waals surface area contributed by atoms with Gasteiger partial charge in [0.2, 0.25) is 0 Å². The summed E-state index contributed by atoms with van der Waals surface area (Å²) in [6.45, 7) is 0.202. The van der Waals surface area contributed by atoms with E-state index in [1.54, 1.807) is 0 Å². The van der Waals surface area contributed by atoms with Crippen LogP contribution in [0.5, 0.6) is 5.75 Å². The van der Waals surface area contributed by atoms with Gasteiger partial charge in [0.25, 0.3) is 5.91 Å². The number of nitrogens with one attached hydrogen (secondary N) is 4. The third kappa shape index (κ3) is 2.88. The summed E-state index contributed by atoms with van der Waals surface area (Å²) in [4.78, 5) is 12.1. The Kier molecular flexibility index (Phi) is 3.98. The van der Waals surface area contributed by atoms with Crippen LogP contribution in [0.4, 0.5) is 20.2 Å². The summed E-state index contributed by atoms with van der Waals surface area (Å²) in [6.07, 6.45) is 0. The minimum atomic E-state index is -0.923. The van der Waals surface area contributed by atoms with E-state index in [2.05, 4.69) is 26.4 Å². The van der Waals surface area contributed by atoms with Gasteiger partial charge in [-0.2, -0.15) is 0 Å². The van der Waals surface area contributed by atoms with Crippen LogP contribution >= 0.6 is 0 Å². The van der Waals surface area contributed by atoms with Gasteiger partial charge in [-0.1, -0.05) is 12.1 Å². The van der Waals surface area contributed by atoms with Crippen LogP contribution in [-0.2, 0) is 6.54 Å². The van der Waals surface area contributed by atoms with Crippen molar-refractivity contribution in [2.45, 2.75) is 6.54 Å². The highest BCUT2D eigenvalue weighted by Gasteiger charge is 2.17. The van der Waals surface area contributed by atoms with Gasteiger partial charge in [-0.25, -0.2) is 8.78 Å². The summed E-state index contributed by atoms with van der Waals surface area (Å²) in [7, 11) is 1.16. The van der Waals surface area contributed by atoms with E-state index in [0.29, 0.717) is 0 Å². The highest BCUT2D eigenvalue weighted by atomic mass is 19.1. The molecule has 1 aliphatic rings. The minimum Gasteiger partial charge on any atom is -0.491 e. The van der Waals surface area contributed by atoms with Gasteiger partial charge in [0.15, 0.2) is 17.4 Å². The van der Waals surface area contributed by atoms with Crippen molar-refractivity contribution in [2.75, 3.05) is 18.0 Å². The van der Waals surface area contributed by atoms with E-state index < -0.39 is 23.3 Å². The van der Waals surface area contributed by atoms with Crippen LogP contribution in [0.3, 0.4) is 0 Å². The van der Waals surface area contributed by atoms with E-state index >= 15 is 0 Å². The Morgan fingerprint density at radius 2 is 1.96 bits per heavy atom. The summed E-state index contributed by atoms with van der Waals surface area (Å²) < 4.78 is 31.9. The normalized spacial score (nSPS) is 12.1. The molecule has 1 amide bonds. The Labute approximate surface area is 130 Å². The zero-order chi connectivity index (χ0) is 16.4. The van der Waals surface area contributed by atoms with Crippen LogP contribution in [0.2, 0.25) is 0 Å². The van der Waals surface area contributed by atoms with Crippen LogP contribution in [-0.4, -0.2) is 13.0 Å². The summed E-state index contributed by atoms with van der Waals surface area (Å²) in [5.41, 5.74) is 10.9. The molecule has 6 nitrogen and oxygen atoms in total. The van der Waals surface area contributed by atoms with Gasteiger partial charge in [0.1, 0.15) is 0 Å². The van der Waals surface area contributed by atoms with E-state index in [4.69, 9.17) is 0 Å². The maximum Gasteiger partial charge on any atom is 0.251 e.